The van der Waals surface area contributed by atoms with Crippen LogP contribution < -0.4 is 10.1 Å². The second-order valence-corrected chi connectivity index (χ2v) is 8.16. The maximum absolute atomic E-state index is 12.7. The highest BCUT2D eigenvalue weighted by Crippen LogP contribution is 2.36. The van der Waals surface area contributed by atoms with E-state index < -0.39 is 18.0 Å². The number of hydrogen-bond acceptors (Lipinski definition) is 5. The quantitative estimate of drug-likeness (QED) is 0.417. The van der Waals surface area contributed by atoms with Gasteiger partial charge in [-0.3, -0.25) is 4.79 Å². The molecule has 156 valence electrons. The first-order valence-electron chi connectivity index (χ1n) is 9.18. The van der Waals surface area contributed by atoms with Crippen LogP contribution in [0.25, 0.3) is 10.4 Å². The average Bonchev–Trinajstić information content (AvgIpc) is 3.14. The number of nitrogens with one attached hydrogen (secondary N) is 1. The first kappa shape index (κ1) is 22.2. The highest BCUT2D eigenvalue weighted by Gasteiger charge is 2.23. The van der Waals surface area contributed by atoms with Crippen LogP contribution in [-0.2, 0) is 9.53 Å². The molecule has 1 aromatic heterocycles. The number of thiophene rings is 1. The smallest absolute Gasteiger partial charge is 0.341 e. The molecule has 0 radical (unpaired) electrons. The first-order chi connectivity index (χ1) is 14.4. The molecule has 1 N–H and O–H groups in total. The molecular weight excluding hydrogens is 445 g/mol. The Hall–Kier alpha value is -2.54. The van der Waals surface area contributed by atoms with Crippen LogP contribution in [0.2, 0.25) is 10.0 Å². The maximum atomic E-state index is 12.7. The van der Waals surface area contributed by atoms with Gasteiger partial charge in [-0.05, 0) is 43.7 Å². The maximum Gasteiger partial charge on any atom is 0.341 e. The summed E-state index contributed by atoms with van der Waals surface area (Å²) in [5.74, 6) is -0.584. The molecule has 0 saturated heterocycles. The van der Waals surface area contributed by atoms with Gasteiger partial charge in [-0.15, -0.1) is 11.3 Å². The van der Waals surface area contributed by atoms with Crippen molar-refractivity contribution < 1.29 is 19.1 Å². The Balaban J connectivity index is 1.82. The number of amides is 1. The molecule has 3 rings (SSSR count). The van der Waals surface area contributed by atoms with Gasteiger partial charge in [0.2, 0.25) is 0 Å². The van der Waals surface area contributed by atoms with Crippen molar-refractivity contribution in [3.63, 3.8) is 0 Å². The molecule has 30 heavy (non-hydrogen) atoms. The Morgan fingerprint density at radius 3 is 2.50 bits per heavy atom. The number of anilines is 1. The van der Waals surface area contributed by atoms with Crippen LogP contribution in [0.15, 0.2) is 54.6 Å². The fourth-order valence-electron chi connectivity index (χ4n) is 2.62. The summed E-state index contributed by atoms with van der Waals surface area (Å²) in [6.45, 7) is 3.56. The van der Waals surface area contributed by atoms with Crippen molar-refractivity contribution in [2.75, 3.05) is 11.9 Å². The van der Waals surface area contributed by atoms with Crippen LogP contribution >= 0.6 is 34.5 Å². The second kappa shape index (κ2) is 9.98. The molecule has 1 heterocycles. The van der Waals surface area contributed by atoms with Crippen molar-refractivity contribution in [3.05, 3.63) is 70.2 Å². The molecule has 5 nitrogen and oxygen atoms in total. The van der Waals surface area contributed by atoms with Gasteiger partial charge in [0.15, 0.2) is 6.10 Å². The third-order valence-corrected chi connectivity index (χ3v) is 5.72. The van der Waals surface area contributed by atoms with Crippen molar-refractivity contribution in [2.45, 2.75) is 20.0 Å². The fourth-order valence-corrected chi connectivity index (χ4v) is 4.12. The largest absolute Gasteiger partial charge is 0.479 e. The Morgan fingerprint density at radius 2 is 1.83 bits per heavy atom. The molecule has 0 spiro atoms. The molecule has 1 unspecified atom stereocenters. The molecule has 2 aromatic carbocycles. The lowest BCUT2D eigenvalue weighted by Crippen LogP contribution is -2.30. The fraction of sp³-hybridized carbons (Fsp3) is 0.182. The van der Waals surface area contributed by atoms with Crippen LogP contribution in [0.3, 0.4) is 0 Å². The highest BCUT2D eigenvalue weighted by atomic mass is 35.5. The molecule has 0 fully saturated rings. The van der Waals surface area contributed by atoms with E-state index in [4.69, 9.17) is 32.7 Å². The summed E-state index contributed by atoms with van der Waals surface area (Å²) in [5.41, 5.74) is 1.23. The van der Waals surface area contributed by atoms with Crippen LogP contribution in [0.5, 0.6) is 5.75 Å². The minimum Gasteiger partial charge on any atom is -0.479 e. The van der Waals surface area contributed by atoms with Crippen molar-refractivity contribution >= 4 is 51.4 Å². The number of esters is 1. The minimum atomic E-state index is -0.860. The molecule has 0 aliphatic carbocycles. The first-order valence-corrected chi connectivity index (χ1v) is 10.7. The second-order valence-electron chi connectivity index (χ2n) is 6.26. The van der Waals surface area contributed by atoms with E-state index in [-0.39, 0.29) is 6.61 Å². The summed E-state index contributed by atoms with van der Waals surface area (Å²) in [5, 5.41) is 3.94. The summed E-state index contributed by atoms with van der Waals surface area (Å²) in [7, 11) is 0. The van der Waals surface area contributed by atoms with Gasteiger partial charge >= 0.3 is 5.97 Å². The van der Waals surface area contributed by atoms with E-state index in [0.29, 0.717) is 26.4 Å². The minimum absolute atomic E-state index is 0.233. The number of rotatable bonds is 7. The zero-order valence-electron chi connectivity index (χ0n) is 16.3. The van der Waals surface area contributed by atoms with Crippen LogP contribution in [0.1, 0.15) is 24.2 Å². The van der Waals surface area contributed by atoms with Gasteiger partial charge in [-0.25, -0.2) is 4.79 Å². The summed E-state index contributed by atoms with van der Waals surface area (Å²) in [6, 6.07) is 16.1. The zero-order valence-corrected chi connectivity index (χ0v) is 18.6. The third kappa shape index (κ3) is 5.33. The number of ether oxygens (including phenoxy) is 2. The van der Waals surface area contributed by atoms with E-state index in [1.54, 1.807) is 32.0 Å². The lowest BCUT2D eigenvalue weighted by molar-refractivity contribution is -0.122. The molecule has 0 aliphatic rings. The van der Waals surface area contributed by atoms with Gasteiger partial charge in [0, 0.05) is 9.90 Å². The molecule has 8 heteroatoms. The number of carbonyl (C=O) groups excluding carboxylic acids is 2. The van der Waals surface area contributed by atoms with Crippen molar-refractivity contribution in [3.8, 4) is 16.2 Å². The Bertz CT molecular complexity index is 1050. The summed E-state index contributed by atoms with van der Waals surface area (Å²) in [6.07, 6.45) is -0.860. The van der Waals surface area contributed by atoms with Crippen molar-refractivity contribution in [2.24, 2.45) is 0 Å². The molecule has 3 aromatic rings. The molecule has 0 aliphatic heterocycles. The standard InChI is InChI=1S/C22H19Cl2NO4S/c1-3-28-22(27)16-12-19(14-7-5-4-6-8-14)30-21(16)25-20(26)13(2)29-18-10-9-15(23)11-17(18)24/h4-13H,3H2,1-2H3,(H,25,26). The lowest BCUT2D eigenvalue weighted by Gasteiger charge is -2.15. The number of carbonyl (C=O) groups is 2. The van der Waals surface area contributed by atoms with Crippen molar-refractivity contribution in [1.82, 2.24) is 0 Å². The molecule has 0 saturated carbocycles. The number of benzene rings is 2. The van der Waals surface area contributed by atoms with E-state index >= 15 is 0 Å². The van der Waals surface area contributed by atoms with Gasteiger partial charge in [0.1, 0.15) is 10.8 Å². The molecular formula is C22H19Cl2NO4S. The third-order valence-electron chi connectivity index (χ3n) is 4.09. The molecule has 0 bridgehead atoms. The van der Waals surface area contributed by atoms with Crippen molar-refractivity contribution in [1.29, 1.82) is 0 Å². The van der Waals surface area contributed by atoms with Gasteiger partial charge in [0.25, 0.3) is 5.91 Å². The summed E-state index contributed by atoms with van der Waals surface area (Å²) >= 11 is 13.3. The zero-order chi connectivity index (χ0) is 21.7. The molecule has 1 amide bonds. The van der Waals surface area contributed by atoms with Gasteiger partial charge < -0.3 is 14.8 Å². The van der Waals surface area contributed by atoms with E-state index in [0.717, 1.165) is 10.4 Å². The summed E-state index contributed by atoms with van der Waals surface area (Å²) < 4.78 is 10.8. The molecule has 1 atom stereocenters. The van der Waals surface area contributed by atoms with E-state index in [1.165, 1.54) is 17.4 Å². The predicted octanol–water partition coefficient (Wildman–Crippen LogP) is 6.30. The van der Waals surface area contributed by atoms with Crippen LogP contribution in [0.4, 0.5) is 5.00 Å². The van der Waals surface area contributed by atoms with Gasteiger partial charge in [-0.1, -0.05) is 53.5 Å². The number of hydrogen-bond donors (Lipinski definition) is 1. The van der Waals surface area contributed by atoms with E-state index in [9.17, 15) is 9.59 Å². The van der Waals surface area contributed by atoms with E-state index in [1.807, 2.05) is 30.3 Å². The average molecular weight is 464 g/mol. The number of halogens is 2. The normalized spacial score (nSPS) is 11.6. The SMILES string of the molecule is CCOC(=O)c1cc(-c2ccccc2)sc1NC(=O)C(C)Oc1ccc(Cl)cc1Cl. The predicted molar refractivity (Wildman–Crippen MR) is 121 cm³/mol. The topological polar surface area (TPSA) is 64.6 Å². The highest BCUT2D eigenvalue weighted by molar-refractivity contribution is 7.20. The van der Waals surface area contributed by atoms with Gasteiger partial charge in [-0.2, -0.15) is 0 Å². The Kier molecular flexibility index (Phi) is 7.37. The summed E-state index contributed by atoms with van der Waals surface area (Å²) in [4.78, 5) is 26.0. The monoisotopic (exact) mass is 463 g/mol. The Morgan fingerprint density at radius 1 is 1.10 bits per heavy atom. The van der Waals surface area contributed by atoms with E-state index in [2.05, 4.69) is 5.32 Å². The van der Waals surface area contributed by atoms with Crippen LogP contribution in [0, 0.1) is 0 Å². The van der Waals surface area contributed by atoms with Crippen LogP contribution in [-0.4, -0.2) is 24.6 Å². The Labute approximate surface area is 188 Å². The lowest BCUT2D eigenvalue weighted by atomic mass is 10.1. The van der Waals surface area contributed by atoms with Gasteiger partial charge in [0.05, 0.1) is 17.2 Å².